The van der Waals surface area contributed by atoms with Crippen LogP contribution in [0.15, 0.2) is 23.4 Å². The second-order valence-corrected chi connectivity index (χ2v) is 12.6. The zero-order chi connectivity index (χ0) is 25.3. The van der Waals surface area contributed by atoms with E-state index in [4.69, 9.17) is 23.2 Å². The number of nitrogens with one attached hydrogen (secondary N) is 1. The van der Waals surface area contributed by atoms with Gasteiger partial charge >= 0.3 is 0 Å². The number of likely N-dealkylation sites (tertiary alicyclic amines) is 1. The first kappa shape index (κ1) is 24.7. The number of nitrogens with zero attached hydrogens (tertiary/aromatic N) is 2. The normalized spacial score (nSPS) is 36.3. The highest BCUT2D eigenvalue weighted by Gasteiger charge is 2.60. The number of halogens is 2. The average Bonchev–Trinajstić information content (AvgIpc) is 3.19. The molecule has 4 aliphatic rings. The van der Waals surface area contributed by atoms with E-state index in [0.29, 0.717) is 28.7 Å². The molecule has 1 aliphatic heterocycles. The molecule has 5 rings (SSSR count). The quantitative estimate of drug-likeness (QED) is 0.441. The third-order valence-electron chi connectivity index (χ3n) is 9.86. The smallest absolute Gasteiger partial charge is 0.239 e. The van der Waals surface area contributed by atoms with Gasteiger partial charge in [0, 0.05) is 23.2 Å². The molecular weight excluding hydrogens is 481 g/mol. The zero-order valence-electron chi connectivity index (χ0n) is 20.9. The predicted molar refractivity (Wildman–Crippen MR) is 138 cm³/mol. The number of fused-ring (bicyclic) bond motifs is 5. The SMILES string of the molecule is CC1=C2N(C)C(=O)C(C(=O)Nc3c(Cl)cc(Cl)cc3C#N)C[C@]2(C)[C@@H]2CC[C@]3(C)CCC[C@H]3[C@@H]2C1. The van der Waals surface area contributed by atoms with Crippen molar-refractivity contribution in [3.63, 3.8) is 0 Å². The maximum absolute atomic E-state index is 13.5. The van der Waals surface area contributed by atoms with Crippen LogP contribution in [0.4, 0.5) is 5.69 Å². The van der Waals surface area contributed by atoms with Crippen molar-refractivity contribution in [1.29, 1.82) is 5.26 Å². The van der Waals surface area contributed by atoms with Crippen molar-refractivity contribution in [2.75, 3.05) is 12.4 Å². The molecule has 1 aromatic rings. The highest BCUT2D eigenvalue weighted by atomic mass is 35.5. The minimum atomic E-state index is -0.838. The predicted octanol–water partition coefficient (Wildman–Crippen LogP) is 6.80. The number of piperidine rings is 1. The number of hydrogen-bond acceptors (Lipinski definition) is 3. The van der Waals surface area contributed by atoms with E-state index in [0.717, 1.165) is 24.5 Å². The Labute approximate surface area is 217 Å². The van der Waals surface area contributed by atoms with E-state index in [-0.39, 0.29) is 27.6 Å². The van der Waals surface area contributed by atoms with E-state index in [2.05, 4.69) is 26.1 Å². The van der Waals surface area contributed by atoms with Crippen LogP contribution in [0, 0.1) is 45.8 Å². The molecule has 0 spiro atoms. The number of benzene rings is 1. The standard InChI is InChI=1S/C28H33Cl2N3O2/c1-15-10-18-20-6-5-8-27(20,2)9-7-21(18)28(3)13-19(26(35)33(4)24(15)28)25(34)32-23-16(14-31)11-17(29)12-22(23)30/h11-12,18-21H,5-10,13H2,1-4H3,(H,32,34)/t18-,19?,20-,21+,27-,28+/m0/s1. The highest BCUT2D eigenvalue weighted by molar-refractivity contribution is 6.37. The second kappa shape index (κ2) is 8.53. The number of rotatable bonds is 2. The molecule has 2 saturated carbocycles. The van der Waals surface area contributed by atoms with Gasteiger partial charge in [-0.05, 0) is 80.8 Å². The minimum absolute atomic E-state index is 0.181. The van der Waals surface area contributed by atoms with Crippen molar-refractivity contribution < 1.29 is 9.59 Å². The van der Waals surface area contributed by atoms with Gasteiger partial charge in [0.05, 0.1) is 16.3 Å². The van der Waals surface area contributed by atoms with E-state index in [1.165, 1.54) is 43.4 Å². The number of carbonyl (C=O) groups excluding carboxylic acids is 2. The van der Waals surface area contributed by atoms with E-state index in [1.54, 1.807) is 4.90 Å². The van der Waals surface area contributed by atoms with Gasteiger partial charge in [-0.15, -0.1) is 0 Å². The lowest BCUT2D eigenvalue weighted by molar-refractivity contribution is -0.147. The van der Waals surface area contributed by atoms with Gasteiger partial charge in [0.15, 0.2) is 0 Å². The number of anilines is 1. The van der Waals surface area contributed by atoms with Gasteiger partial charge in [0.1, 0.15) is 12.0 Å². The zero-order valence-corrected chi connectivity index (χ0v) is 22.4. The molecule has 2 amide bonds. The van der Waals surface area contributed by atoms with Crippen LogP contribution < -0.4 is 5.32 Å². The molecule has 6 atom stereocenters. The lowest BCUT2D eigenvalue weighted by Gasteiger charge is -2.59. The molecule has 3 fully saturated rings. The number of hydrogen-bond donors (Lipinski definition) is 1. The molecular formula is C28H33Cl2N3O2. The van der Waals surface area contributed by atoms with Crippen LogP contribution in [0.1, 0.15) is 71.3 Å². The summed E-state index contributed by atoms with van der Waals surface area (Å²) in [4.78, 5) is 28.8. The fourth-order valence-corrected chi connectivity index (χ4v) is 8.99. The molecule has 1 aromatic carbocycles. The average molecular weight is 514 g/mol. The van der Waals surface area contributed by atoms with Crippen LogP contribution in [0.25, 0.3) is 0 Å². The molecule has 7 heteroatoms. The summed E-state index contributed by atoms with van der Waals surface area (Å²) in [6.45, 7) is 6.94. The topological polar surface area (TPSA) is 73.2 Å². The molecule has 1 N–H and O–H groups in total. The van der Waals surface area contributed by atoms with E-state index >= 15 is 0 Å². The molecule has 1 saturated heterocycles. The van der Waals surface area contributed by atoms with Gasteiger partial charge in [0.2, 0.25) is 11.8 Å². The minimum Gasteiger partial charge on any atom is -0.323 e. The second-order valence-electron chi connectivity index (χ2n) is 11.8. The lowest BCUT2D eigenvalue weighted by atomic mass is 9.48. The number of amides is 2. The summed E-state index contributed by atoms with van der Waals surface area (Å²) < 4.78 is 0. The highest BCUT2D eigenvalue weighted by Crippen LogP contribution is 2.66. The summed E-state index contributed by atoms with van der Waals surface area (Å²) in [6, 6.07) is 5.00. The summed E-state index contributed by atoms with van der Waals surface area (Å²) in [5.41, 5.74) is 3.00. The number of nitriles is 1. The molecule has 0 bridgehead atoms. The third kappa shape index (κ3) is 3.71. The summed E-state index contributed by atoms with van der Waals surface area (Å²) in [7, 11) is 1.82. The van der Waals surface area contributed by atoms with Crippen molar-refractivity contribution in [3.8, 4) is 6.07 Å². The maximum atomic E-state index is 13.5. The molecule has 1 heterocycles. The van der Waals surface area contributed by atoms with Crippen LogP contribution >= 0.6 is 23.2 Å². The Kier molecular flexibility index (Phi) is 6.01. The first-order valence-corrected chi connectivity index (χ1v) is 13.4. The van der Waals surface area contributed by atoms with Crippen molar-refractivity contribution in [3.05, 3.63) is 39.0 Å². The Bertz CT molecular complexity index is 1190. The van der Waals surface area contributed by atoms with Crippen LogP contribution in [-0.2, 0) is 9.59 Å². The third-order valence-corrected chi connectivity index (χ3v) is 10.4. The molecule has 186 valence electrons. The van der Waals surface area contributed by atoms with Crippen LogP contribution in [-0.4, -0.2) is 23.8 Å². The fourth-order valence-electron chi connectivity index (χ4n) is 8.45. The van der Waals surface area contributed by atoms with Crippen LogP contribution in [0.3, 0.4) is 0 Å². The van der Waals surface area contributed by atoms with E-state index < -0.39 is 11.8 Å². The molecule has 3 aliphatic carbocycles. The van der Waals surface area contributed by atoms with Crippen molar-refractivity contribution >= 4 is 40.7 Å². The van der Waals surface area contributed by atoms with E-state index in [9.17, 15) is 14.9 Å². The molecule has 1 unspecified atom stereocenters. The Morgan fingerprint density at radius 2 is 1.94 bits per heavy atom. The number of allylic oxidation sites excluding steroid dienone is 2. The molecule has 0 aromatic heterocycles. The summed E-state index contributed by atoms with van der Waals surface area (Å²) in [6.07, 6.45) is 7.82. The van der Waals surface area contributed by atoms with Gasteiger partial charge in [-0.3, -0.25) is 9.59 Å². The van der Waals surface area contributed by atoms with Crippen molar-refractivity contribution in [2.45, 2.75) is 65.7 Å². The largest absolute Gasteiger partial charge is 0.323 e. The van der Waals surface area contributed by atoms with E-state index in [1.807, 2.05) is 13.1 Å². The summed E-state index contributed by atoms with van der Waals surface area (Å²) in [5, 5.41) is 12.8. The van der Waals surface area contributed by atoms with Gasteiger partial charge in [-0.25, -0.2) is 0 Å². The fraction of sp³-hybridized carbons (Fsp3) is 0.607. The summed E-state index contributed by atoms with van der Waals surface area (Å²) in [5.74, 6) is 0.330. The molecule has 5 nitrogen and oxygen atoms in total. The van der Waals surface area contributed by atoms with Crippen LogP contribution in [0.2, 0.25) is 10.0 Å². The Morgan fingerprint density at radius 1 is 1.20 bits per heavy atom. The van der Waals surface area contributed by atoms with Crippen molar-refractivity contribution in [2.24, 2.45) is 34.5 Å². The maximum Gasteiger partial charge on any atom is 0.239 e. The molecule has 0 radical (unpaired) electrons. The summed E-state index contributed by atoms with van der Waals surface area (Å²) >= 11 is 12.4. The van der Waals surface area contributed by atoms with Gasteiger partial charge < -0.3 is 10.2 Å². The van der Waals surface area contributed by atoms with Crippen molar-refractivity contribution in [1.82, 2.24) is 4.90 Å². The molecule has 35 heavy (non-hydrogen) atoms. The van der Waals surface area contributed by atoms with Gasteiger partial charge in [-0.1, -0.05) is 49.0 Å². The van der Waals surface area contributed by atoms with Gasteiger partial charge in [0.25, 0.3) is 0 Å². The Balaban J connectivity index is 1.49. The first-order valence-electron chi connectivity index (χ1n) is 12.7. The number of carbonyl (C=O) groups is 2. The Hall–Kier alpha value is -2.03. The van der Waals surface area contributed by atoms with Gasteiger partial charge in [-0.2, -0.15) is 5.26 Å². The Morgan fingerprint density at radius 3 is 2.66 bits per heavy atom. The monoisotopic (exact) mass is 513 g/mol. The lowest BCUT2D eigenvalue weighted by Crippen LogP contribution is -2.57. The van der Waals surface area contributed by atoms with Crippen LogP contribution in [0.5, 0.6) is 0 Å². The first-order chi connectivity index (χ1) is 16.5.